The number of carboxylic acids is 1. The third-order valence-corrected chi connectivity index (χ3v) is 3.94. The molecule has 1 rings (SSSR count). The number of aliphatic carboxylic acids is 1. The van der Waals surface area contributed by atoms with Crippen molar-refractivity contribution in [1.82, 2.24) is 5.32 Å². The van der Waals surface area contributed by atoms with Crippen molar-refractivity contribution < 1.29 is 14.7 Å². The molecular weight excluding hydrogens is 232 g/mol. The van der Waals surface area contributed by atoms with Crippen LogP contribution in [0.15, 0.2) is 0 Å². The van der Waals surface area contributed by atoms with Crippen molar-refractivity contribution >= 4 is 11.9 Å². The summed E-state index contributed by atoms with van der Waals surface area (Å²) < 4.78 is 0. The van der Waals surface area contributed by atoms with Gasteiger partial charge in [0, 0.05) is 12.1 Å². The van der Waals surface area contributed by atoms with Crippen LogP contribution in [-0.2, 0) is 9.59 Å². The molecule has 1 aliphatic carbocycles. The van der Waals surface area contributed by atoms with Crippen LogP contribution in [0.2, 0.25) is 0 Å². The standard InChI is InChI=1S/C13H24N2O3/c1-3-5-9(8-11(16)17)15-12(18)13(2)7-4-6-10(13)14/h9-10H,3-8,14H2,1-2H3,(H,15,18)(H,16,17). The van der Waals surface area contributed by atoms with Crippen LogP contribution < -0.4 is 11.1 Å². The van der Waals surface area contributed by atoms with Gasteiger partial charge in [0.15, 0.2) is 0 Å². The molecule has 3 atom stereocenters. The maximum Gasteiger partial charge on any atom is 0.305 e. The molecule has 104 valence electrons. The van der Waals surface area contributed by atoms with Gasteiger partial charge in [0.25, 0.3) is 0 Å². The number of amides is 1. The lowest BCUT2D eigenvalue weighted by atomic mass is 9.83. The van der Waals surface area contributed by atoms with Gasteiger partial charge in [-0.2, -0.15) is 0 Å². The lowest BCUT2D eigenvalue weighted by molar-refractivity contribution is -0.138. The topological polar surface area (TPSA) is 92.4 Å². The largest absolute Gasteiger partial charge is 0.481 e. The number of hydrogen-bond acceptors (Lipinski definition) is 3. The van der Waals surface area contributed by atoms with Crippen LogP contribution in [0, 0.1) is 5.41 Å². The molecule has 1 saturated carbocycles. The van der Waals surface area contributed by atoms with E-state index in [-0.39, 0.29) is 24.4 Å². The van der Waals surface area contributed by atoms with Gasteiger partial charge in [0.2, 0.25) is 5.91 Å². The fraction of sp³-hybridized carbons (Fsp3) is 0.846. The van der Waals surface area contributed by atoms with Crippen molar-refractivity contribution in [3.63, 3.8) is 0 Å². The second-order valence-electron chi connectivity index (χ2n) is 5.47. The number of rotatable bonds is 6. The van der Waals surface area contributed by atoms with Crippen LogP contribution in [0.1, 0.15) is 52.4 Å². The summed E-state index contributed by atoms with van der Waals surface area (Å²) in [7, 11) is 0. The van der Waals surface area contributed by atoms with Crippen LogP contribution in [0.25, 0.3) is 0 Å². The number of carboxylic acid groups (broad SMARTS) is 1. The average Bonchev–Trinajstić information content (AvgIpc) is 2.60. The monoisotopic (exact) mass is 256 g/mol. The summed E-state index contributed by atoms with van der Waals surface area (Å²) in [5.41, 5.74) is 5.45. The Hall–Kier alpha value is -1.10. The summed E-state index contributed by atoms with van der Waals surface area (Å²) in [5.74, 6) is -0.971. The van der Waals surface area contributed by atoms with E-state index in [2.05, 4.69) is 5.32 Å². The van der Waals surface area contributed by atoms with E-state index in [0.29, 0.717) is 6.42 Å². The Balaban J connectivity index is 2.62. The number of nitrogens with one attached hydrogen (secondary N) is 1. The zero-order chi connectivity index (χ0) is 13.8. The predicted octanol–water partition coefficient (Wildman–Crippen LogP) is 1.26. The van der Waals surface area contributed by atoms with E-state index in [9.17, 15) is 9.59 Å². The Kier molecular flexibility index (Phi) is 5.14. The quantitative estimate of drug-likeness (QED) is 0.667. The minimum Gasteiger partial charge on any atom is -0.481 e. The molecule has 1 amide bonds. The molecule has 5 nitrogen and oxygen atoms in total. The van der Waals surface area contributed by atoms with E-state index < -0.39 is 11.4 Å². The highest BCUT2D eigenvalue weighted by atomic mass is 16.4. The highest BCUT2D eigenvalue weighted by molar-refractivity contribution is 5.84. The molecule has 0 saturated heterocycles. The van der Waals surface area contributed by atoms with Crippen molar-refractivity contribution in [1.29, 1.82) is 0 Å². The maximum atomic E-state index is 12.3. The molecule has 0 bridgehead atoms. The summed E-state index contributed by atoms with van der Waals surface area (Å²) >= 11 is 0. The molecule has 5 heteroatoms. The highest BCUT2D eigenvalue weighted by Gasteiger charge is 2.43. The van der Waals surface area contributed by atoms with Crippen molar-refractivity contribution in [2.45, 2.75) is 64.5 Å². The number of hydrogen-bond donors (Lipinski definition) is 3. The molecular formula is C13H24N2O3. The summed E-state index contributed by atoms with van der Waals surface area (Å²) in [6.07, 6.45) is 4.12. The lowest BCUT2D eigenvalue weighted by Gasteiger charge is -2.30. The maximum absolute atomic E-state index is 12.3. The van der Waals surface area contributed by atoms with E-state index in [4.69, 9.17) is 10.8 Å². The van der Waals surface area contributed by atoms with Crippen LogP contribution in [0.5, 0.6) is 0 Å². The summed E-state index contributed by atoms with van der Waals surface area (Å²) in [4.78, 5) is 23.0. The van der Waals surface area contributed by atoms with Gasteiger partial charge in [-0.15, -0.1) is 0 Å². The van der Waals surface area contributed by atoms with Crippen LogP contribution in [0.3, 0.4) is 0 Å². The van der Waals surface area contributed by atoms with E-state index in [1.165, 1.54) is 0 Å². The third-order valence-electron chi connectivity index (χ3n) is 3.94. The molecule has 18 heavy (non-hydrogen) atoms. The van der Waals surface area contributed by atoms with E-state index >= 15 is 0 Å². The number of carbonyl (C=O) groups is 2. The first kappa shape index (κ1) is 15.0. The summed E-state index contributed by atoms with van der Waals surface area (Å²) in [5, 5.41) is 11.7. The second kappa shape index (κ2) is 6.18. The first-order valence-electron chi connectivity index (χ1n) is 6.68. The molecule has 0 aliphatic heterocycles. The molecule has 4 N–H and O–H groups in total. The van der Waals surface area contributed by atoms with Gasteiger partial charge in [-0.3, -0.25) is 9.59 Å². The molecule has 0 spiro atoms. The average molecular weight is 256 g/mol. The highest BCUT2D eigenvalue weighted by Crippen LogP contribution is 2.37. The van der Waals surface area contributed by atoms with Crippen LogP contribution in [-0.4, -0.2) is 29.1 Å². The minimum absolute atomic E-state index is 0.0229. The zero-order valence-corrected chi connectivity index (χ0v) is 11.2. The first-order valence-corrected chi connectivity index (χ1v) is 6.68. The normalized spacial score (nSPS) is 28.9. The number of nitrogens with two attached hydrogens (primary N) is 1. The Morgan fingerprint density at radius 1 is 1.56 bits per heavy atom. The fourth-order valence-electron chi connectivity index (χ4n) is 2.61. The summed E-state index contributed by atoms with van der Waals surface area (Å²) in [6.45, 7) is 3.85. The van der Waals surface area contributed by atoms with Crippen molar-refractivity contribution in [2.75, 3.05) is 0 Å². The van der Waals surface area contributed by atoms with Gasteiger partial charge in [-0.25, -0.2) is 0 Å². The Bertz CT molecular complexity index is 319. The smallest absolute Gasteiger partial charge is 0.305 e. The molecule has 0 aromatic carbocycles. The van der Waals surface area contributed by atoms with Crippen molar-refractivity contribution in [2.24, 2.45) is 11.1 Å². The molecule has 1 aliphatic rings. The van der Waals surface area contributed by atoms with Gasteiger partial charge < -0.3 is 16.2 Å². The third kappa shape index (κ3) is 3.45. The minimum atomic E-state index is -0.880. The molecule has 0 heterocycles. The first-order chi connectivity index (χ1) is 8.40. The Morgan fingerprint density at radius 2 is 2.22 bits per heavy atom. The van der Waals surface area contributed by atoms with Crippen molar-refractivity contribution in [3.8, 4) is 0 Å². The van der Waals surface area contributed by atoms with E-state index in [1.807, 2.05) is 13.8 Å². The van der Waals surface area contributed by atoms with Gasteiger partial charge >= 0.3 is 5.97 Å². The van der Waals surface area contributed by atoms with E-state index in [0.717, 1.165) is 25.7 Å². The van der Waals surface area contributed by atoms with Crippen molar-refractivity contribution in [3.05, 3.63) is 0 Å². The van der Waals surface area contributed by atoms with E-state index in [1.54, 1.807) is 0 Å². The molecule has 3 unspecified atom stereocenters. The fourth-order valence-corrected chi connectivity index (χ4v) is 2.61. The van der Waals surface area contributed by atoms with Gasteiger partial charge in [-0.05, 0) is 26.2 Å². The zero-order valence-electron chi connectivity index (χ0n) is 11.2. The van der Waals surface area contributed by atoms with Gasteiger partial charge in [-0.1, -0.05) is 19.8 Å². The SMILES string of the molecule is CCCC(CC(=O)O)NC(=O)C1(C)CCCC1N. The van der Waals surface area contributed by atoms with Gasteiger partial charge in [0.1, 0.15) is 0 Å². The van der Waals surface area contributed by atoms with Crippen LogP contribution >= 0.6 is 0 Å². The van der Waals surface area contributed by atoms with Crippen LogP contribution in [0.4, 0.5) is 0 Å². The van der Waals surface area contributed by atoms with Gasteiger partial charge in [0.05, 0.1) is 11.8 Å². The number of carbonyl (C=O) groups excluding carboxylic acids is 1. The predicted molar refractivity (Wildman–Crippen MR) is 69.0 cm³/mol. The summed E-state index contributed by atoms with van der Waals surface area (Å²) in [6, 6.07) is -0.408. The molecule has 1 fully saturated rings. The second-order valence-corrected chi connectivity index (χ2v) is 5.47. The Labute approximate surface area is 108 Å². The lowest BCUT2D eigenvalue weighted by Crippen LogP contribution is -2.50. The molecule has 0 aromatic rings. The molecule has 0 aromatic heterocycles. The molecule has 0 radical (unpaired) electrons. The Morgan fingerprint density at radius 3 is 2.67 bits per heavy atom.